The van der Waals surface area contributed by atoms with E-state index in [0.717, 1.165) is 17.8 Å². The van der Waals surface area contributed by atoms with Gasteiger partial charge in [0.05, 0.1) is 12.7 Å². The molecule has 9 heteroatoms. The Morgan fingerprint density at radius 2 is 1.61 bits per heavy atom. The molecule has 0 bridgehead atoms. The van der Waals surface area contributed by atoms with Crippen LogP contribution >= 0.6 is 0 Å². The monoisotopic (exact) mass is 316 g/mol. The number of benzene rings is 1. The van der Waals surface area contributed by atoms with Crippen molar-refractivity contribution in [3.05, 3.63) is 24.3 Å². The zero-order valence-electron chi connectivity index (χ0n) is 13.2. The van der Waals surface area contributed by atoms with Gasteiger partial charge in [-0.25, -0.2) is 0 Å². The van der Waals surface area contributed by atoms with E-state index in [0.29, 0.717) is 26.1 Å². The molecular weight excluding hydrogens is 297 g/mol. The van der Waals surface area contributed by atoms with E-state index < -0.39 is 0 Å². The highest BCUT2D eigenvalue weighted by Gasteiger charge is 2.39. The lowest BCUT2D eigenvalue weighted by Crippen LogP contribution is -2.41. The van der Waals surface area contributed by atoms with Crippen molar-refractivity contribution in [2.75, 3.05) is 19.8 Å². The Kier molecular flexibility index (Phi) is 4.53. The van der Waals surface area contributed by atoms with Crippen LogP contribution in [0.25, 0.3) is 0 Å². The van der Waals surface area contributed by atoms with Crippen LogP contribution in [-0.4, -0.2) is 47.3 Å². The topological polar surface area (TPSA) is 55.4 Å². The Bertz CT molecular complexity index is 514. The third kappa shape index (κ3) is 3.68. The van der Waals surface area contributed by atoms with Crippen LogP contribution in [0, 0.1) is 5.92 Å². The molecule has 2 fully saturated rings. The highest BCUT2D eigenvalue weighted by atomic mass is 16.6. The van der Waals surface area contributed by atoms with Gasteiger partial charge in [0.25, 0.3) is 0 Å². The SMILES string of the molecule is CB1OCC(CB2OCC(CB3Oc4ccccc4O3)CO2)O1. The lowest BCUT2D eigenvalue weighted by Gasteiger charge is -2.28. The molecule has 0 saturated carbocycles. The molecule has 120 valence electrons. The van der Waals surface area contributed by atoms with Gasteiger partial charge in [0.1, 0.15) is 11.5 Å². The zero-order valence-corrected chi connectivity index (χ0v) is 13.2. The summed E-state index contributed by atoms with van der Waals surface area (Å²) in [5.41, 5.74) is 0. The molecule has 3 aliphatic heterocycles. The summed E-state index contributed by atoms with van der Waals surface area (Å²) in [6, 6.07) is 7.73. The maximum Gasteiger partial charge on any atom is 0.595 e. The third-order valence-corrected chi connectivity index (χ3v) is 4.28. The molecular formula is C14H19B3O6. The maximum atomic E-state index is 5.81. The Hall–Kier alpha value is -1.15. The molecule has 4 rings (SSSR count). The standard InChI is InChI=1S/C14H19B3O6/c1-15-18-10-12(21-15)7-16-19-8-11(9-20-16)6-17-22-13-4-2-3-5-14(13)23-17/h2-5,11-12H,6-10H2,1H3. The second kappa shape index (κ2) is 6.77. The molecule has 23 heavy (non-hydrogen) atoms. The predicted molar refractivity (Wildman–Crippen MR) is 86.7 cm³/mol. The minimum absolute atomic E-state index is 0.0579. The van der Waals surface area contributed by atoms with Crippen LogP contribution in [0.5, 0.6) is 11.5 Å². The van der Waals surface area contributed by atoms with Gasteiger partial charge in [-0.15, -0.1) is 0 Å². The van der Waals surface area contributed by atoms with Crippen molar-refractivity contribution in [2.45, 2.75) is 25.6 Å². The van der Waals surface area contributed by atoms with Crippen molar-refractivity contribution in [1.29, 1.82) is 0 Å². The van der Waals surface area contributed by atoms with Crippen LogP contribution < -0.4 is 9.31 Å². The van der Waals surface area contributed by atoms with Gasteiger partial charge in [-0.05, 0) is 19.0 Å². The van der Waals surface area contributed by atoms with Gasteiger partial charge < -0.3 is 27.9 Å². The second-order valence-corrected chi connectivity index (χ2v) is 6.20. The number of rotatable bonds is 4. The number of fused-ring (bicyclic) bond motifs is 1. The van der Waals surface area contributed by atoms with Crippen molar-refractivity contribution in [3.63, 3.8) is 0 Å². The fourth-order valence-corrected chi connectivity index (χ4v) is 3.11. The summed E-state index contributed by atoms with van der Waals surface area (Å²) < 4.78 is 34.2. The molecule has 1 unspecified atom stereocenters. The maximum absolute atomic E-state index is 5.81. The molecule has 0 amide bonds. The van der Waals surface area contributed by atoms with E-state index in [1.165, 1.54) is 0 Å². The van der Waals surface area contributed by atoms with E-state index in [-0.39, 0.29) is 33.4 Å². The summed E-state index contributed by atoms with van der Waals surface area (Å²) in [6.45, 7) is 3.80. The van der Waals surface area contributed by atoms with Crippen LogP contribution in [-0.2, 0) is 18.6 Å². The van der Waals surface area contributed by atoms with E-state index >= 15 is 0 Å². The molecule has 3 heterocycles. The van der Waals surface area contributed by atoms with Gasteiger partial charge in [0.2, 0.25) is 0 Å². The molecule has 3 aliphatic rings. The quantitative estimate of drug-likeness (QED) is 0.787. The van der Waals surface area contributed by atoms with E-state index in [9.17, 15) is 0 Å². The minimum Gasteiger partial charge on any atom is -0.523 e. The first-order chi connectivity index (χ1) is 11.3. The van der Waals surface area contributed by atoms with Crippen LogP contribution in [0.15, 0.2) is 24.3 Å². The normalized spacial score (nSPS) is 24.6. The lowest BCUT2D eigenvalue weighted by atomic mass is 9.75. The number of para-hydroxylation sites is 2. The van der Waals surface area contributed by atoms with Gasteiger partial charge in [0, 0.05) is 31.8 Å². The molecule has 2 saturated heterocycles. The largest absolute Gasteiger partial charge is 0.595 e. The van der Waals surface area contributed by atoms with Crippen LogP contribution in [0.2, 0.25) is 19.5 Å². The Labute approximate surface area is 137 Å². The number of hydrogen-bond acceptors (Lipinski definition) is 6. The second-order valence-electron chi connectivity index (χ2n) is 6.20. The Morgan fingerprint density at radius 1 is 0.913 bits per heavy atom. The average molecular weight is 316 g/mol. The molecule has 0 aromatic heterocycles. The Morgan fingerprint density at radius 3 is 2.22 bits per heavy atom. The van der Waals surface area contributed by atoms with Gasteiger partial charge in [0.15, 0.2) is 0 Å². The summed E-state index contributed by atoms with van der Waals surface area (Å²) in [7, 11) is -0.601. The Balaban J connectivity index is 1.20. The first-order valence-corrected chi connectivity index (χ1v) is 8.19. The summed E-state index contributed by atoms with van der Waals surface area (Å²) in [5.74, 6) is 1.88. The van der Waals surface area contributed by atoms with E-state index in [1.54, 1.807) is 0 Å². The van der Waals surface area contributed by atoms with Crippen LogP contribution in [0.1, 0.15) is 0 Å². The summed E-state index contributed by atoms with van der Waals surface area (Å²) in [5, 5.41) is 0. The zero-order chi connectivity index (χ0) is 15.6. The summed E-state index contributed by atoms with van der Waals surface area (Å²) >= 11 is 0. The van der Waals surface area contributed by atoms with Crippen molar-refractivity contribution in [1.82, 2.24) is 0 Å². The number of hydrogen-bond donors (Lipinski definition) is 0. The lowest BCUT2D eigenvalue weighted by molar-refractivity contribution is 0.0792. The van der Waals surface area contributed by atoms with Crippen molar-refractivity contribution in [2.24, 2.45) is 5.92 Å². The van der Waals surface area contributed by atoms with E-state index in [1.807, 2.05) is 31.1 Å². The molecule has 1 atom stereocenters. The van der Waals surface area contributed by atoms with Crippen LogP contribution in [0.4, 0.5) is 0 Å². The highest BCUT2D eigenvalue weighted by molar-refractivity contribution is 6.48. The summed E-state index contributed by atoms with van der Waals surface area (Å²) in [4.78, 5) is 0. The van der Waals surface area contributed by atoms with Gasteiger partial charge in [-0.3, -0.25) is 0 Å². The smallest absolute Gasteiger partial charge is 0.523 e. The fraction of sp³-hybridized carbons (Fsp3) is 0.571. The molecule has 1 aromatic carbocycles. The van der Waals surface area contributed by atoms with Gasteiger partial charge >= 0.3 is 21.4 Å². The first-order valence-electron chi connectivity index (χ1n) is 8.19. The molecule has 0 aliphatic carbocycles. The molecule has 6 nitrogen and oxygen atoms in total. The third-order valence-electron chi connectivity index (χ3n) is 4.28. The molecule has 0 spiro atoms. The summed E-state index contributed by atoms with van der Waals surface area (Å²) in [6.07, 6.45) is 1.52. The van der Waals surface area contributed by atoms with E-state index in [2.05, 4.69) is 0 Å². The first kappa shape index (κ1) is 15.4. The van der Waals surface area contributed by atoms with E-state index in [4.69, 9.17) is 27.9 Å². The van der Waals surface area contributed by atoms with Crippen LogP contribution in [0.3, 0.4) is 0 Å². The van der Waals surface area contributed by atoms with Crippen molar-refractivity contribution in [3.8, 4) is 11.5 Å². The predicted octanol–water partition coefficient (Wildman–Crippen LogP) is 1.63. The van der Waals surface area contributed by atoms with Crippen molar-refractivity contribution >= 4 is 21.4 Å². The molecule has 1 aromatic rings. The molecule has 0 N–H and O–H groups in total. The average Bonchev–Trinajstić information content (AvgIpc) is 3.14. The van der Waals surface area contributed by atoms with Crippen molar-refractivity contribution < 1.29 is 27.9 Å². The minimum atomic E-state index is -0.256. The highest BCUT2D eigenvalue weighted by Crippen LogP contribution is 2.34. The van der Waals surface area contributed by atoms with Gasteiger partial charge in [-0.2, -0.15) is 0 Å². The van der Waals surface area contributed by atoms with Gasteiger partial charge in [-0.1, -0.05) is 12.1 Å². The fourth-order valence-electron chi connectivity index (χ4n) is 3.11. The molecule has 0 radical (unpaired) electrons.